The maximum atomic E-state index is 12.0. The zero-order valence-electron chi connectivity index (χ0n) is 11.1. The Hall–Kier alpha value is -1.95. The Labute approximate surface area is 120 Å². The molecular weight excluding hydrogens is 274 g/mol. The molecule has 0 radical (unpaired) electrons. The fourth-order valence-electron chi connectivity index (χ4n) is 2.36. The minimum Gasteiger partial charge on any atom is -0.618 e. The number of pyridine rings is 1. The van der Waals surface area contributed by atoms with Crippen molar-refractivity contribution in [1.29, 1.82) is 0 Å². The van der Waals surface area contributed by atoms with Crippen LogP contribution in [0.1, 0.15) is 34.4 Å². The summed E-state index contributed by atoms with van der Waals surface area (Å²) in [5.74, 6) is 0.254. The number of nitrogens with one attached hydrogen (secondary N) is 1. The van der Waals surface area contributed by atoms with Gasteiger partial charge in [-0.05, 0) is 31.2 Å². The van der Waals surface area contributed by atoms with E-state index >= 15 is 0 Å². The highest BCUT2D eigenvalue weighted by atomic mass is 32.1. The molecule has 0 aromatic carbocycles. The van der Waals surface area contributed by atoms with E-state index in [2.05, 4.69) is 17.2 Å². The lowest BCUT2D eigenvalue weighted by Gasteiger charge is -2.15. The van der Waals surface area contributed by atoms with Crippen LogP contribution in [0.15, 0.2) is 24.4 Å². The standard InChI is InChI=1S/C14H15N3O2S/c1-9-5-6-10-12(8-9)20-14(15-10)16-13(18)11-4-2-3-7-17(11)19/h2-4,7,9H,5-6,8H2,1H3,(H,15,16,18)/t9-/m0/s1. The lowest BCUT2D eigenvalue weighted by atomic mass is 9.93. The zero-order chi connectivity index (χ0) is 14.1. The third-order valence-corrected chi connectivity index (χ3v) is 4.50. The summed E-state index contributed by atoms with van der Waals surface area (Å²) in [7, 11) is 0. The van der Waals surface area contributed by atoms with Crippen LogP contribution in [0.25, 0.3) is 0 Å². The van der Waals surface area contributed by atoms with Crippen LogP contribution in [0.2, 0.25) is 0 Å². The van der Waals surface area contributed by atoms with E-state index in [1.807, 2.05) is 0 Å². The highest BCUT2D eigenvalue weighted by Gasteiger charge is 2.22. The van der Waals surface area contributed by atoms with Gasteiger partial charge < -0.3 is 5.21 Å². The van der Waals surface area contributed by atoms with Gasteiger partial charge in [0, 0.05) is 17.0 Å². The predicted octanol–water partition coefficient (Wildman–Crippen LogP) is 2.15. The number of rotatable bonds is 2. The van der Waals surface area contributed by atoms with Gasteiger partial charge in [-0.3, -0.25) is 10.1 Å². The number of nitrogens with zero attached hydrogens (tertiary/aromatic N) is 2. The van der Waals surface area contributed by atoms with E-state index in [1.54, 1.807) is 12.1 Å². The van der Waals surface area contributed by atoms with Crippen molar-refractivity contribution in [3.63, 3.8) is 0 Å². The van der Waals surface area contributed by atoms with Crippen molar-refractivity contribution in [3.05, 3.63) is 45.9 Å². The third-order valence-electron chi connectivity index (χ3n) is 3.46. The molecule has 1 atom stereocenters. The first-order valence-electron chi connectivity index (χ1n) is 6.61. The van der Waals surface area contributed by atoms with Gasteiger partial charge in [-0.25, -0.2) is 4.98 Å². The number of carbonyl (C=O) groups excluding carboxylic acids is 1. The average molecular weight is 289 g/mol. The molecule has 0 aliphatic heterocycles. The van der Waals surface area contributed by atoms with Crippen molar-refractivity contribution in [3.8, 4) is 0 Å². The Bertz CT molecular complexity index is 654. The van der Waals surface area contributed by atoms with Crippen LogP contribution < -0.4 is 10.0 Å². The minimum absolute atomic E-state index is 0.0778. The predicted molar refractivity (Wildman–Crippen MR) is 76.7 cm³/mol. The molecule has 0 unspecified atom stereocenters. The summed E-state index contributed by atoms with van der Waals surface area (Å²) in [5, 5.41) is 14.8. The molecule has 0 saturated carbocycles. The molecular formula is C14H15N3O2S. The first-order valence-corrected chi connectivity index (χ1v) is 7.43. The van der Waals surface area contributed by atoms with Gasteiger partial charge in [0.25, 0.3) is 5.69 Å². The highest BCUT2D eigenvalue weighted by molar-refractivity contribution is 7.15. The topological polar surface area (TPSA) is 68.9 Å². The second-order valence-electron chi connectivity index (χ2n) is 5.10. The van der Waals surface area contributed by atoms with Crippen molar-refractivity contribution in [1.82, 2.24) is 4.98 Å². The average Bonchev–Trinajstić information content (AvgIpc) is 2.80. The maximum Gasteiger partial charge on any atom is 0.323 e. The number of hydrogen-bond acceptors (Lipinski definition) is 4. The van der Waals surface area contributed by atoms with E-state index in [1.165, 1.54) is 28.5 Å². The first-order chi connectivity index (χ1) is 9.63. The van der Waals surface area contributed by atoms with Crippen molar-refractivity contribution in [2.45, 2.75) is 26.2 Å². The Morgan fingerprint density at radius 1 is 1.55 bits per heavy atom. The van der Waals surface area contributed by atoms with Gasteiger partial charge in [-0.1, -0.05) is 6.92 Å². The molecule has 1 N–H and O–H groups in total. The number of hydrogen-bond donors (Lipinski definition) is 1. The van der Waals surface area contributed by atoms with Gasteiger partial charge in [0.1, 0.15) is 0 Å². The number of carbonyl (C=O) groups is 1. The number of aryl methyl sites for hydroxylation is 1. The first kappa shape index (κ1) is 13.1. The molecule has 1 amide bonds. The maximum absolute atomic E-state index is 12.0. The van der Waals surface area contributed by atoms with Crippen molar-refractivity contribution >= 4 is 22.4 Å². The quantitative estimate of drug-likeness (QED) is 0.680. The zero-order valence-corrected chi connectivity index (χ0v) is 11.9. The Morgan fingerprint density at radius 2 is 2.40 bits per heavy atom. The van der Waals surface area contributed by atoms with E-state index in [9.17, 15) is 10.0 Å². The van der Waals surface area contributed by atoms with Gasteiger partial charge in [0.05, 0.1) is 5.69 Å². The van der Waals surface area contributed by atoms with Crippen LogP contribution in [0.5, 0.6) is 0 Å². The lowest BCUT2D eigenvalue weighted by Crippen LogP contribution is -2.36. The molecule has 0 saturated heterocycles. The Balaban J connectivity index is 1.79. The molecule has 104 valence electrons. The molecule has 1 aliphatic rings. The molecule has 5 nitrogen and oxygen atoms in total. The monoisotopic (exact) mass is 289 g/mol. The van der Waals surface area contributed by atoms with Crippen molar-refractivity contribution in [2.24, 2.45) is 5.92 Å². The molecule has 0 spiro atoms. The molecule has 20 heavy (non-hydrogen) atoms. The molecule has 6 heteroatoms. The number of fused-ring (bicyclic) bond motifs is 1. The number of anilines is 1. The molecule has 1 aliphatic carbocycles. The summed E-state index contributed by atoms with van der Waals surface area (Å²) in [5.41, 5.74) is 1.17. The summed E-state index contributed by atoms with van der Waals surface area (Å²) in [6, 6.07) is 4.75. The van der Waals surface area contributed by atoms with E-state index in [0.717, 1.165) is 25.0 Å². The van der Waals surface area contributed by atoms with E-state index < -0.39 is 5.91 Å². The second-order valence-corrected chi connectivity index (χ2v) is 6.19. The van der Waals surface area contributed by atoms with Crippen molar-refractivity contribution in [2.75, 3.05) is 5.32 Å². The van der Waals surface area contributed by atoms with Crippen LogP contribution in [0, 0.1) is 11.1 Å². The van der Waals surface area contributed by atoms with E-state index in [4.69, 9.17) is 0 Å². The van der Waals surface area contributed by atoms with Crippen LogP contribution in [-0.2, 0) is 12.8 Å². The molecule has 2 aromatic rings. The van der Waals surface area contributed by atoms with Crippen LogP contribution >= 0.6 is 11.3 Å². The van der Waals surface area contributed by atoms with Crippen LogP contribution in [0.3, 0.4) is 0 Å². The van der Waals surface area contributed by atoms with Gasteiger partial charge in [-0.15, -0.1) is 11.3 Å². The summed E-state index contributed by atoms with van der Waals surface area (Å²) in [4.78, 5) is 17.8. The fraction of sp³-hybridized carbons (Fsp3) is 0.357. The van der Waals surface area contributed by atoms with Crippen LogP contribution in [0.4, 0.5) is 5.13 Å². The Kier molecular flexibility index (Phi) is 3.40. The number of amides is 1. The number of thiazole rings is 1. The van der Waals surface area contributed by atoms with Crippen LogP contribution in [-0.4, -0.2) is 10.9 Å². The van der Waals surface area contributed by atoms with E-state index in [-0.39, 0.29) is 5.69 Å². The molecule has 2 heterocycles. The summed E-state index contributed by atoms with van der Waals surface area (Å²) < 4.78 is 0.560. The fourth-order valence-corrected chi connectivity index (χ4v) is 3.52. The minimum atomic E-state index is -0.417. The lowest BCUT2D eigenvalue weighted by molar-refractivity contribution is -0.607. The van der Waals surface area contributed by atoms with Gasteiger partial charge >= 0.3 is 5.91 Å². The SMILES string of the molecule is C[C@H]1CCc2nc(NC(=O)c3cccc[n+]3[O-])sc2C1. The van der Waals surface area contributed by atoms with E-state index in [0.29, 0.717) is 15.8 Å². The summed E-state index contributed by atoms with van der Waals surface area (Å²) in [6.07, 6.45) is 4.44. The van der Waals surface area contributed by atoms with Gasteiger partial charge in [0.15, 0.2) is 11.3 Å². The van der Waals surface area contributed by atoms with Crippen molar-refractivity contribution < 1.29 is 9.52 Å². The van der Waals surface area contributed by atoms with Gasteiger partial charge in [0.2, 0.25) is 0 Å². The highest BCUT2D eigenvalue weighted by Crippen LogP contribution is 2.32. The Morgan fingerprint density at radius 3 is 3.20 bits per heavy atom. The van der Waals surface area contributed by atoms with Gasteiger partial charge in [-0.2, -0.15) is 4.73 Å². The molecule has 0 fully saturated rings. The second kappa shape index (κ2) is 5.20. The summed E-state index contributed by atoms with van der Waals surface area (Å²) in [6.45, 7) is 2.23. The largest absolute Gasteiger partial charge is 0.618 e. The molecule has 2 aromatic heterocycles. The number of aromatic nitrogens is 2. The normalized spacial score (nSPS) is 17.6. The smallest absolute Gasteiger partial charge is 0.323 e. The molecule has 3 rings (SSSR count). The molecule has 0 bridgehead atoms. The summed E-state index contributed by atoms with van der Waals surface area (Å²) >= 11 is 1.51. The third kappa shape index (κ3) is 2.51.